The molecule has 1 N–H and O–H groups in total. The number of nitrogens with one attached hydrogen (secondary N) is 1. The Morgan fingerprint density at radius 1 is 1.14 bits per heavy atom. The quantitative estimate of drug-likeness (QED) is 0.927. The Kier molecular flexibility index (Phi) is 4.66. The summed E-state index contributed by atoms with van der Waals surface area (Å²) in [5.74, 6) is -0.365. The van der Waals surface area contributed by atoms with E-state index < -0.39 is 16.1 Å². The van der Waals surface area contributed by atoms with Crippen molar-refractivity contribution in [1.82, 2.24) is 4.72 Å². The maximum atomic E-state index is 12.9. The molecule has 0 bridgehead atoms. The molecule has 6 heteroatoms. The summed E-state index contributed by atoms with van der Waals surface area (Å²) in [6.07, 6.45) is 0. The summed E-state index contributed by atoms with van der Waals surface area (Å²) in [6, 6.07) is 9.92. The predicted molar refractivity (Wildman–Crippen MR) is 81.3 cm³/mol. The van der Waals surface area contributed by atoms with Gasteiger partial charge in [0.1, 0.15) is 10.7 Å². The summed E-state index contributed by atoms with van der Waals surface area (Å²) in [5.41, 5.74) is 1.55. The summed E-state index contributed by atoms with van der Waals surface area (Å²) < 4.78 is 40.1. The van der Waals surface area contributed by atoms with E-state index in [2.05, 4.69) is 4.72 Å². The molecule has 2 rings (SSSR count). The van der Waals surface area contributed by atoms with Crippen molar-refractivity contribution in [2.75, 3.05) is 0 Å². The van der Waals surface area contributed by atoms with Gasteiger partial charge in [-0.15, -0.1) is 0 Å². The zero-order valence-electron chi connectivity index (χ0n) is 11.6. The van der Waals surface area contributed by atoms with Crippen molar-refractivity contribution in [3.05, 3.63) is 64.4 Å². The molecule has 0 radical (unpaired) electrons. The van der Waals surface area contributed by atoms with Gasteiger partial charge in [-0.25, -0.2) is 17.5 Å². The topological polar surface area (TPSA) is 46.2 Å². The monoisotopic (exact) mass is 327 g/mol. The van der Waals surface area contributed by atoms with E-state index in [1.807, 2.05) is 6.92 Å². The van der Waals surface area contributed by atoms with Crippen LogP contribution in [0.25, 0.3) is 0 Å². The second-order valence-corrected chi connectivity index (χ2v) is 6.92. The third-order valence-electron chi connectivity index (χ3n) is 3.08. The maximum Gasteiger partial charge on any atom is 0.242 e. The van der Waals surface area contributed by atoms with Crippen LogP contribution in [0.1, 0.15) is 24.1 Å². The molecule has 0 heterocycles. The second-order valence-electron chi connectivity index (χ2n) is 4.83. The molecule has 112 valence electrons. The molecule has 1 unspecified atom stereocenters. The molecule has 0 aliphatic rings. The standard InChI is InChI=1S/C15H15ClFNO2S/c1-10-3-8-15(14(16)9-10)21(19,20)18-11(2)12-4-6-13(17)7-5-12/h3-9,11,18H,1-2H3. The smallest absolute Gasteiger partial charge is 0.207 e. The third-order valence-corrected chi connectivity index (χ3v) is 5.10. The van der Waals surface area contributed by atoms with E-state index in [-0.39, 0.29) is 15.7 Å². The van der Waals surface area contributed by atoms with E-state index in [4.69, 9.17) is 11.6 Å². The molecule has 0 aliphatic heterocycles. The van der Waals surface area contributed by atoms with Crippen molar-refractivity contribution in [2.24, 2.45) is 0 Å². The zero-order chi connectivity index (χ0) is 15.6. The largest absolute Gasteiger partial charge is 0.242 e. The van der Waals surface area contributed by atoms with E-state index in [0.29, 0.717) is 5.56 Å². The third kappa shape index (κ3) is 3.81. The van der Waals surface area contributed by atoms with Crippen LogP contribution < -0.4 is 4.72 Å². The first kappa shape index (κ1) is 15.9. The van der Waals surface area contributed by atoms with Crippen LogP contribution in [0.5, 0.6) is 0 Å². The van der Waals surface area contributed by atoms with E-state index in [1.54, 1.807) is 31.2 Å². The highest BCUT2D eigenvalue weighted by atomic mass is 35.5. The van der Waals surface area contributed by atoms with Gasteiger partial charge in [0.2, 0.25) is 10.0 Å². The Bertz CT molecular complexity index is 745. The normalized spacial score (nSPS) is 13.1. The zero-order valence-corrected chi connectivity index (χ0v) is 13.2. The molecule has 0 aromatic heterocycles. The van der Waals surface area contributed by atoms with Crippen LogP contribution in [0.4, 0.5) is 4.39 Å². The van der Waals surface area contributed by atoms with E-state index >= 15 is 0 Å². The van der Waals surface area contributed by atoms with Gasteiger partial charge in [0.25, 0.3) is 0 Å². The summed E-state index contributed by atoms with van der Waals surface area (Å²) >= 11 is 6.00. The van der Waals surface area contributed by atoms with Gasteiger partial charge in [-0.1, -0.05) is 29.8 Å². The van der Waals surface area contributed by atoms with Gasteiger partial charge in [-0.3, -0.25) is 0 Å². The number of benzene rings is 2. The minimum absolute atomic E-state index is 0.0312. The molecule has 2 aromatic carbocycles. The Morgan fingerprint density at radius 3 is 2.33 bits per heavy atom. The maximum absolute atomic E-state index is 12.9. The van der Waals surface area contributed by atoms with Gasteiger partial charge < -0.3 is 0 Å². The average molecular weight is 328 g/mol. The number of sulfonamides is 1. The average Bonchev–Trinajstić information content (AvgIpc) is 2.38. The first-order valence-corrected chi connectivity index (χ1v) is 8.19. The van der Waals surface area contributed by atoms with Crippen molar-refractivity contribution in [3.8, 4) is 0 Å². The summed E-state index contributed by atoms with van der Waals surface area (Å²) in [7, 11) is -3.74. The SMILES string of the molecule is Cc1ccc(S(=O)(=O)NC(C)c2ccc(F)cc2)c(Cl)c1. The van der Waals surface area contributed by atoms with Gasteiger partial charge >= 0.3 is 0 Å². The fourth-order valence-electron chi connectivity index (χ4n) is 1.94. The number of hydrogen-bond donors (Lipinski definition) is 1. The minimum atomic E-state index is -3.74. The molecule has 0 aliphatic carbocycles. The highest BCUT2D eigenvalue weighted by molar-refractivity contribution is 7.89. The second kappa shape index (κ2) is 6.13. The Morgan fingerprint density at radius 2 is 1.76 bits per heavy atom. The minimum Gasteiger partial charge on any atom is -0.207 e. The molecule has 3 nitrogen and oxygen atoms in total. The van der Waals surface area contributed by atoms with Gasteiger partial charge in [-0.2, -0.15) is 0 Å². The summed E-state index contributed by atoms with van der Waals surface area (Å²) in [6.45, 7) is 3.52. The van der Waals surface area contributed by atoms with Crippen molar-refractivity contribution >= 4 is 21.6 Å². The first-order chi connectivity index (χ1) is 9.79. The van der Waals surface area contributed by atoms with Crippen LogP contribution in [-0.2, 0) is 10.0 Å². The Labute approximate surface area is 128 Å². The Balaban J connectivity index is 2.26. The van der Waals surface area contributed by atoms with Crippen LogP contribution in [0.2, 0.25) is 5.02 Å². The number of aryl methyl sites for hydroxylation is 1. The number of rotatable bonds is 4. The highest BCUT2D eigenvalue weighted by Crippen LogP contribution is 2.24. The van der Waals surface area contributed by atoms with E-state index in [0.717, 1.165) is 5.56 Å². The molecule has 0 spiro atoms. The Hall–Kier alpha value is -1.43. The molecule has 2 aromatic rings. The van der Waals surface area contributed by atoms with E-state index in [9.17, 15) is 12.8 Å². The number of halogens is 2. The number of hydrogen-bond acceptors (Lipinski definition) is 2. The molecule has 0 amide bonds. The lowest BCUT2D eigenvalue weighted by molar-refractivity contribution is 0.566. The lowest BCUT2D eigenvalue weighted by atomic mass is 10.1. The molecule has 0 fully saturated rings. The fraction of sp³-hybridized carbons (Fsp3) is 0.200. The van der Waals surface area contributed by atoms with Crippen LogP contribution in [0.15, 0.2) is 47.4 Å². The predicted octanol–water partition coefficient (Wildman–Crippen LogP) is 3.83. The van der Waals surface area contributed by atoms with Crippen molar-refractivity contribution in [1.29, 1.82) is 0 Å². The van der Waals surface area contributed by atoms with Gasteiger partial charge in [-0.05, 0) is 49.2 Å². The van der Waals surface area contributed by atoms with Crippen molar-refractivity contribution in [2.45, 2.75) is 24.8 Å². The lowest BCUT2D eigenvalue weighted by Gasteiger charge is -2.15. The summed E-state index contributed by atoms with van der Waals surface area (Å²) in [4.78, 5) is 0.0312. The highest BCUT2D eigenvalue weighted by Gasteiger charge is 2.21. The van der Waals surface area contributed by atoms with Crippen molar-refractivity contribution in [3.63, 3.8) is 0 Å². The van der Waals surface area contributed by atoms with Gasteiger partial charge in [0.05, 0.1) is 5.02 Å². The lowest BCUT2D eigenvalue weighted by Crippen LogP contribution is -2.27. The van der Waals surface area contributed by atoms with Crippen LogP contribution in [0, 0.1) is 12.7 Å². The molecular formula is C15H15ClFNO2S. The fourth-order valence-corrected chi connectivity index (χ4v) is 3.77. The molecule has 0 saturated carbocycles. The molecule has 21 heavy (non-hydrogen) atoms. The van der Waals surface area contributed by atoms with Gasteiger partial charge in [0.15, 0.2) is 0 Å². The van der Waals surface area contributed by atoms with Crippen LogP contribution >= 0.6 is 11.6 Å². The first-order valence-electron chi connectivity index (χ1n) is 6.33. The summed E-state index contributed by atoms with van der Waals surface area (Å²) in [5, 5.41) is 0.175. The molecular weight excluding hydrogens is 313 g/mol. The van der Waals surface area contributed by atoms with Gasteiger partial charge in [0, 0.05) is 6.04 Å². The van der Waals surface area contributed by atoms with Crippen molar-refractivity contribution < 1.29 is 12.8 Å². The molecule has 1 atom stereocenters. The van der Waals surface area contributed by atoms with Crippen LogP contribution in [0.3, 0.4) is 0 Å². The van der Waals surface area contributed by atoms with E-state index in [1.165, 1.54) is 18.2 Å². The van der Waals surface area contributed by atoms with Crippen LogP contribution in [-0.4, -0.2) is 8.42 Å². The molecule has 0 saturated heterocycles.